The second-order valence-corrected chi connectivity index (χ2v) is 8.06. The lowest BCUT2D eigenvalue weighted by atomic mass is 10.0. The first kappa shape index (κ1) is 20.3. The molecule has 1 fully saturated rings. The summed E-state index contributed by atoms with van der Waals surface area (Å²) in [5.41, 5.74) is -0.439. The molecule has 4 nitrogen and oxygen atoms in total. The maximum Gasteiger partial charge on any atom is 0.407 e. The number of hydrogen-bond acceptors (Lipinski definition) is 3. The van der Waals surface area contributed by atoms with Gasteiger partial charge in [0.1, 0.15) is 5.60 Å². The van der Waals surface area contributed by atoms with Crippen LogP contribution in [-0.2, 0) is 4.74 Å². The largest absolute Gasteiger partial charge is 0.444 e. The molecular formula is C19H38N2O2. The minimum absolute atomic E-state index is 0.181. The van der Waals surface area contributed by atoms with E-state index in [9.17, 15) is 4.79 Å². The minimum atomic E-state index is -0.439. The molecule has 1 aliphatic carbocycles. The Hall–Kier alpha value is -0.770. The third-order valence-electron chi connectivity index (χ3n) is 4.46. The number of rotatable bonds is 7. The Bertz CT molecular complexity index is 339. The number of alkyl carbamates (subject to hydrolysis) is 1. The summed E-state index contributed by atoms with van der Waals surface area (Å²) < 4.78 is 5.44. The minimum Gasteiger partial charge on any atom is -0.444 e. The monoisotopic (exact) mass is 326 g/mol. The predicted molar refractivity (Wildman–Crippen MR) is 96.8 cm³/mol. The molecule has 1 amide bonds. The van der Waals surface area contributed by atoms with Crippen molar-refractivity contribution >= 4 is 6.09 Å². The Balaban J connectivity index is 2.52. The summed E-state index contributed by atoms with van der Waals surface area (Å²) in [4.78, 5) is 12.1. The Morgan fingerprint density at radius 3 is 2.39 bits per heavy atom. The molecule has 1 rings (SSSR count). The van der Waals surface area contributed by atoms with E-state index in [1.54, 1.807) is 0 Å². The highest BCUT2D eigenvalue weighted by Crippen LogP contribution is 2.20. The lowest BCUT2D eigenvalue weighted by Crippen LogP contribution is -2.52. The third-order valence-corrected chi connectivity index (χ3v) is 4.46. The van der Waals surface area contributed by atoms with E-state index in [4.69, 9.17) is 4.74 Å². The fourth-order valence-electron chi connectivity index (χ4n) is 3.29. The average Bonchev–Trinajstić information content (AvgIpc) is 2.63. The van der Waals surface area contributed by atoms with Gasteiger partial charge in [-0.1, -0.05) is 45.4 Å². The van der Waals surface area contributed by atoms with Crippen molar-refractivity contribution in [3.05, 3.63) is 0 Å². The zero-order valence-electron chi connectivity index (χ0n) is 15.9. The van der Waals surface area contributed by atoms with E-state index in [0.29, 0.717) is 12.1 Å². The molecule has 0 saturated heterocycles. The smallest absolute Gasteiger partial charge is 0.407 e. The lowest BCUT2D eigenvalue weighted by molar-refractivity contribution is 0.0488. The Morgan fingerprint density at radius 2 is 1.78 bits per heavy atom. The number of nitrogens with one attached hydrogen (secondary N) is 2. The number of carbonyl (C=O) groups excluding carboxylic acids is 1. The van der Waals surface area contributed by atoms with Crippen molar-refractivity contribution in [1.82, 2.24) is 10.6 Å². The van der Waals surface area contributed by atoms with E-state index in [1.807, 2.05) is 20.8 Å². The molecule has 0 radical (unpaired) electrons. The molecule has 0 heterocycles. The summed E-state index contributed by atoms with van der Waals surface area (Å²) >= 11 is 0. The summed E-state index contributed by atoms with van der Waals surface area (Å²) in [5, 5.41) is 6.88. The molecule has 0 aromatic rings. The van der Waals surface area contributed by atoms with Crippen molar-refractivity contribution in [1.29, 1.82) is 0 Å². The summed E-state index contributed by atoms with van der Waals surface area (Å²) in [5.74, 6) is 0. The molecule has 4 heteroatoms. The summed E-state index contributed by atoms with van der Waals surface area (Å²) in [6.07, 6.45) is 10.6. The standard InChI is InChI=1S/C19H38N2O2/c1-6-7-9-12-15(2)20-16-13-10-8-11-14-17(16)21-18(22)23-19(3,4)5/h15-17,20H,6-14H2,1-5H3,(H,21,22). The van der Waals surface area contributed by atoms with Crippen molar-refractivity contribution in [2.45, 2.75) is 116 Å². The molecule has 1 aliphatic rings. The van der Waals surface area contributed by atoms with Crippen molar-refractivity contribution in [3.63, 3.8) is 0 Å². The summed E-state index contributed by atoms with van der Waals surface area (Å²) in [7, 11) is 0. The van der Waals surface area contributed by atoms with Crippen LogP contribution >= 0.6 is 0 Å². The van der Waals surface area contributed by atoms with Gasteiger partial charge in [-0.25, -0.2) is 4.79 Å². The number of amides is 1. The Labute approximate surface area is 143 Å². The highest BCUT2D eigenvalue weighted by Gasteiger charge is 2.27. The first-order chi connectivity index (χ1) is 10.8. The van der Waals surface area contributed by atoms with Crippen LogP contribution in [0.3, 0.4) is 0 Å². The van der Waals surface area contributed by atoms with Gasteiger partial charge in [-0.2, -0.15) is 0 Å². The van der Waals surface area contributed by atoms with Crippen LogP contribution in [0.2, 0.25) is 0 Å². The summed E-state index contributed by atoms with van der Waals surface area (Å²) in [6, 6.07) is 1.05. The molecule has 2 N–H and O–H groups in total. The zero-order valence-corrected chi connectivity index (χ0v) is 15.9. The van der Waals surface area contributed by atoms with Crippen LogP contribution in [-0.4, -0.2) is 29.8 Å². The van der Waals surface area contributed by atoms with E-state index in [-0.39, 0.29) is 12.1 Å². The van der Waals surface area contributed by atoms with Gasteiger partial charge >= 0.3 is 6.09 Å². The third kappa shape index (κ3) is 9.19. The second kappa shape index (κ2) is 10.2. The van der Waals surface area contributed by atoms with Crippen LogP contribution in [0.15, 0.2) is 0 Å². The summed E-state index contributed by atoms with van der Waals surface area (Å²) in [6.45, 7) is 10.2. The number of unbranched alkanes of at least 4 members (excludes halogenated alkanes) is 2. The van der Waals surface area contributed by atoms with Gasteiger partial charge < -0.3 is 15.4 Å². The fraction of sp³-hybridized carbons (Fsp3) is 0.947. The van der Waals surface area contributed by atoms with Crippen LogP contribution < -0.4 is 10.6 Å². The second-order valence-electron chi connectivity index (χ2n) is 8.06. The van der Waals surface area contributed by atoms with E-state index in [1.165, 1.54) is 44.9 Å². The van der Waals surface area contributed by atoms with Crippen molar-refractivity contribution < 1.29 is 9.53 Å². The molecule has 136 valence electrons. The number of carbonyl (C=O) groups is 1. The SMILES string of the molecule is CCCCCC(C)NC1CCCCCC1NC(=O)OC(C)(C)C. The van der Waals surface area contributed by atoms with Gasteiger partial charge in [-0.05, 0) is 47.0 Å². The van der Waals surface area contributed by atoms with Crippen LogP contribution in [0.4, 0.5) is 4.79 Å². The number of hydrogen-bond donors (Lipinski definition) is 2. The Morgan fingerprint density at radius 1 is 1.13 bits per heavy atom. The van der Waals surface area contributed by atoms with Crippen molar-refractivity contribution in [2.75, 3.05) is 0 Å². The molecule has 0 aromatic heterocycles. The lowest BCUT2D eigenvalue weighted by Gasteiger charge is -2.31. The maximum absolute atomic E-state index is 12.1. The zero-order chi connectivity index (χ0) is 17.3. The average molecular weight is 327 g/mol. The molecular weight excluding hydrogens is 288 g/mol. The topological polar surface area (TPSA) is 50.4 Å². The van der Waals surface area contributed by atoms with Gasteiger partial charge in [-0.15, -0.1) is 0 Å². The molecule has 0 spiro atoms. The highest BCUT2D eigenvalue weighted by atomic mass is 16.6. The van der Waals surface area contributed by atoms with Crippen LogP contribution in [0.1, 0.15) is 92.4 Å². The first-order valence-electron chi connectivity index (χ1n) is 9.57. The molecule has 3 unspecified atom stereocenters. The molecule has 0 bridgehead atoms. The van der Waals surface area contributed by atoms with Crippen molar-refractivity contribution in [3.8, 4) is 0 Å². The van der Waals surface area contributed by atoms with Gasteiger partial charge in [0.05, 0.1) is 0 Å². The highest BCUT2D eigenvalue weighted by molar-refractivity contribution is 5.68. The fourth-order valence-corrected chi connectivity index (χ4v) is 3.29. The van der Waals surface area contributed by atoms with Gasteiger partial charge in [0, 0.05) is 18.1 Å². The molecule has 3 atom stereocenters. The first-order valence-corrected chi connectivity index (χ1v) is 9.57. The van der Waals surface area contributed by atoms with Crippen LogP contribution in [0.5, 0.6) is 0 Å². The molecule has 1 saturated carbocycles. The molecule has 23 heavy (non-hydrogen) atoms. The predicted octanol–water partition coefficient (Wildman–Crippen LogP) is 4.77. The van der Waals surface area contributed by atoms with Crippen LogP contribution in [0, 0.1) is 0 Å². The van der Waals surface area contributed by atoms with Gasteiger partial charge in [0.25, 0.3) is 0 Å². The van der Waals surface area contributed by atoms with E-state index < -0.39 is 5.60 Å². The van der Waals surface area contributed by atoms with Gasteiger partial charge in [0.2, 0.25) is 0 Å². The normalized spacial score (nSPS) is 23.9. The molecule has 0 aliphatic heterocycles. The van der Waals surface area contributed by atoms with E-state index >= 15 is 0 Å². The molecule has 0 aromatic carbocycles. The Kier molecular flexibility index (Phi) is 8.96. The van der Waals surface area contributed by atoms with Crippen molar-refractivity contribution in [2.24, 2.45) is 0 Å². The van der Waals surface area contributed by atoms with E-state index in [0.717, 1.165) is 12.8 Å². The van der Waals surface area contributed by atoms with Crippen LogP contribution in [0.25, 0.3) is 0 Å². The maximum atomic E-state index is 12.1. The quantitative estimate of drug-likeness (QED) is 0.523. The van der Waals surface area contributed by atoms with Gasteiger partial charge in [0.15, 0.2) is 0 Å². The van der Waals surface area contributed by atoms with Gasteiger partial charge in [-0.3, -0.25) is 0 Å². The van der Waals surface area contributed by atoms with E-state index in [2.05, 4.69) is 24.5 Å². The number of ether oxygens (including phenoxy) is 1.